The number of aromatic nitrogens is 3. The Balaban J connectivity index is 1.67. The molecule has 0 saturated carbocycles. The minimum absolute atomic E-state index is 0.327. The van der Waals surface area contributed by atoms with Crippen molar-refractivity contribution < 1.29 is 0 Å². The number of aryl methyl sites for hydroxylation is 1. The number of nitrogens with one attached hydrogen (secondary N) is 3. The van der Waals surface area contributed by atoms with Gasteiger partial charge in [-0.2, -0.15) is 0 Å². The van der Waals surface area contributed by atoms with E-state index in [-0.39, 0.29) is 0 Å². The smallest absolute Gasteiger partial charge is 0.132 e. The summed E-state index contributed by atoms with van der Waals surface area (Å²) >= 11 is 1.64. The van der Waals surface area contributed by atoms with E-state index in [2.05, 4.69) is 70.6 Å². The van der Waals surface area contributed by atoms with Crippen LogP contribution in [0.1, 0.15) is 19.5 Å². The summed E-state index contributed by atoms with van der Waals surface area (Å²) in [5.41, 5.74) is 8.21. The van der Waals surface area contributed by atoms with Crippen molar-refractivity contribution in [2.24, 2.45) is 0 Å². The van der Waals surface area contributed by atoms with Crippen molar-refractivity contribution >= 4 is 38.7 Å². The number of thiazole rings is 1. The van der Waals surface area contributed by atoms with Gasteiger partial charge in [-0.3, -0.25) is 0 Å². The predicted molar refractivity (Wildman–Crippen MR) is 110 cm³/mol. The third kappa shape index (κ3) is 3.41. The average molecular weight is 363 g/mol. The third-order valence-corrected chi connectivity index (χ3v) is 4.87. The number of rotatable bonds is 5. The number of benzene rings is 1. The highest BCUT2D eigenvalue weighted by Gasteiger charge is 2.11. The van der Waals surface area contributed by atoms with Crippen molar-refractivity contribution in [1.82, 2.24) is 15.0 Å². The van der Waals surface area contributed by atoms with Gasteiger partial charge in [0.05, 0.1) is 15.7 Å². The molecule has 0 aliphatic carbocycles. The van der Waals surface area contributed by atoms with E-state index in [1.165, 1.54) is 0 Å². The Labute approximate surface area is 156 Å². The van der Waals surface area contributed by atoms with Gasteiger partial charge in [0.2, 0.25) is 0 Å². The Morgan fingerprint density at radius 2 is 1.96 bits per heavy atom. The molecule has 0 atom stereocenters. The second-order valence-corrected chi connectivity index (χ2v) is 7.52. The average Bonchev–Trinajstić information content (AvgIpc) is 3.23. The molecule has 0 bridgehead atoms. The van der Waals surface area contributed by atoms with Crippen molar-refractivity contribution in [3.8, 4) is 11.3 Å². The minimum atomic E-state index is 0.327. The summed E-state index contributed by atoms with van der Waals surface area (Å²) in [4.78, 5) is 12.3. The van der Waals surface area contributed by atoms with Gasteiger partial charge in [-0.1, -0.05) is 0 Å². The van der Waals surface area contributed by atoms with Gasteiger partial charge in [-0.05, 0) is 51.1 Å². The number of H-pyrrole nitrogens is 1. The highest BCUT2D eigenvalue weighted by molar-refractivity contribution is 7.16. The fraction of sp³-hybridized carbons (Fsp3) is 0.200. The largest absolute Gasteiger partial charge is 0.382 e. The fourth-order valence-corrected chi connectivity index (χ4v) is 3.63. The maximum Gasteiger partial charge on any atom is 0.132 e. The normalized spacial score (nSPS) is 11.2. The van der Waals surface area contributed by atoms with E-state index in [9.17, 15) is 0 Å². The number of fused-ring (bicyclic) bond motifs is 1. The highest BCUT2D eigenvalue weighted by Crippen LogP contribution is 2.31. The Kier molecular flexibility index (Phi) is 4.34. The summed E-state index contributed by atoms with van der Waals surface area (Å²) in [6, 6.07) is 12.7. The number of anilines is 3. The van der Waals surface area contributed by atoms with E-state index in [0.717, 1.165) is 44.4 Å². The maximum absolute atomic E-state index is 4.61. The lowest BCUT2D eigenvalue weighted by Crippen LogP contribution is -2.11. The van der Waals surface area contributed by atoms with E-state index in [4.69, 9.17) is 0 Å². The zero-order valence-electron chi connectivity index (χ0n) is 15.0. The molecule has 3 N–H and O–H groups in total. The Morgan fingerprint density at radius 1 is 1.08 bits per heavy atom. The van der Waals surface area contributed by atoms with E-state index < -0.39 is 0 Å². The Bertz CT molecular complexity index is 1050. The standard InChI is InChI=1S/C20H21N5S/c1-12(2)23-18-9-20(21-10-15(18)16-6-4-13(3)24-16)25-14-5-7-17-19(8-14)26-11-22-17/h4-12,24H,1-3H3,(H2,21,23,25). The maximum atomic E-state index is 4.61. The number of pyridine rings is 1. The summed E-state index contributed by atoms with van der Waals surface area (Å²) in [5, 5.41) is 6.93. The van der Waals surface area contributed by atoms with Crippen LogP contribution in [0.15, 0.2) is 48.1 Å². The SMILES string of the molecule is Cc1ccc(-c2cnc(Nc3ccc4ncsc4c3)cc2NC(C)C)[nH]1. The van der Waals surface area contributed by atoms with Crippen LogP contribution >= 0.6 is 11.3 Å². The molecule has 132 valence electrons. The molecular weight excluding hydrogens is 342 g/mol. The van der Waals surface area contributed by atoms with Gasteiger partial charge in [0.1, 0.15) is 5.82 Å². The van der Waals surface area contributed by atoms with Crippen molar-refractivity contribution in [2.45, 2.75) is 26.8 Å². The second-order valence-electron chi connectivity index (χ2n) is 6.63. The van der Waals surface area contributed by atoms with Crippen LogP contribution in [0.3, 0.4) is 0 Å². The van der Waals surface area contributed by atoms with Gasteiger partial charge in [0, 0.05) is 46.6 Å². The summed E-state index contributed by atoms with van der Waals surface area (Å²) in [7, 11) is 0. The predicted octanol–water partition coefficient (Wildman–Crippen LogP) is 5.56. The number of hydrogen-bond donors (Lipinski definition) is 3. The summed E-state index contributed by atoms with van der Waals surface area (Å²) in [6.07, 6.45) is 1.91. The lowest BCUT2D eigenvalue weighted by Gasteiger charge is -2.16. The van der Waals surface area contributed by atoms with E-state index >= 15 is 0 Å². The first kappa shape index (κ1) is 16.6. The molecule has 0 spiro atoms. The molecule has 0 unspecified atom stereocenters. The summed E-state index contributed by atoms with van der Waals surface area (Å²) < 4.78 is 1.16. The van der Waals surface area contributed by atoms with Crippen molar-refractivity contribution in [3.63, 3.8) is 0 Å². The molecule has 26 heavy (non-hydrogen) atoms. The van der Waals surface area contributed by atoms with E-state index in [0.29, 0.717) is 6.04 Å². The van der Waals surface area contributed by atoms with Crippen LogP contribution in [-0.4, -0.2) is 21.0 Å². The third-order valence-electron chi connectivity index (χ3n) is 4.07. The minimum Gasteiger partial charge on any atom is -0.382 e. The molecule has 0 saturated heterocycles. The zero-order valence-corrected chi connectivity index (χ0v) is 15.8. The monoisotopic (exact) mass is 363 g/mol. The number of hydrogen-bond acceptors (Lipinski definition) is 5. The fourth-order valence-electron chi connectivity index (χ4n) is 2.91. The quantitative estimate of drug-likeness (QED) is 0.434. The number of aromatic amines is 1. The van der Waals surface area contributed by atoms with Crippen LogP contribution in [0.25, 0.3) is 21.5 Å². The first-order valence-corrected chi connectivity index (χ1v) is 9.49. The number of nitrogens with zero attached hydrogens (tertiary/aromatic N) is 2. The lowest BCUT2D eigenvalue weighted by molar-refractivity contribution is 0.899. The molecule has 3 heterocycles. The first-order chi connectivity index (χ1) is 12.6. The molecule has 5 nitrogen and oxygen atoms in total. The second kappa shape index (κ2) is 6.80. The molecule has 1 aromatic carbocycles. The molecule has 0 fully saturated rings. The van der Waals surface area contributed by atoms with Gasteiger partial charge in [0.25, 0.3) is 0 Å². The lowest BCUT2D eigenvalue weighted by atomic mass is 10.1. The molecule has 4 aromatic rings. The van der Waals surface area contributed by atoms with Crippen LogP contribution < -0.4 is 10.6 Å². The molecule has 0 radical (unpaired) electrons. The molecule has 0 amide bonds. The topological polar surface area (TPSA) is 65.6 Å². The van der Waals surface area contributed by atoms with Gasteiger partial charge in [-0.25, -0.2) is 9.97 Å². The molecular formula is C20H21N5S. The van der Waals surface area contributed by atoms with Gasteiger partial charge in [-0.15, -0.1) is 11.3 Å². The van der Waals surface area contributed by atoms with Crippen LogP contribution in [0.4, 0.5) is 17.2 Å². The first-order valence-electron chi connectivity index (χ1n) is 8.61. The summed E-state index contributed by atoms with van der Waals surface area (Å²) in [6.45, 7) is 6.32. The van der Waals surface area contributed by atoms with Gasteiger partial charge in [0.15, 0.2) is 0 Å². The molecule has 0 aliphatic rings. The Morgan fingerprint density at radius 3 is 2.73 bits per heavy atom. The van der Waals surface area contributed by atoms with Crippen molar-refractivity contribution in [2.75, 3.05) is 10.6 Å². The van der Waals surface area contributed by atoms with Crippen LogP contribution in [0.2, 0.25) is 0 Å². The Hall–Kier alpha value is -2.86. The van der Waals surface area contributed by atoms with Gasteiger partial charge < -0.3 is 15.6 Å². The molecule has 4 rings (SSSR count). The van der Waals surface area contributed by atoms with Crippen LogP contribution in [-0.2, 0) is 0 Å². The van der Waals surface area contributed by atoms with Crippen LogP contribution in [0, 0.1) is 6.92 Å². The van der Waals surface area contributed by atoms with Crippen LogP contribution in [0.5, 0.6) is 0 Å². The molecule has 6 heteroatoms. The zero-order chi connectivity index (χ0) is 18.1. The van der Waals surface area contributed by atoms with E-state index in [1.54, 1.807) is 11.3 Å². The molecule has 0 aliphatic heterocycles. The van der Waals surface area contributed by atoms with Crippen molar-refractivity contribution in [1.29, 1.82) is 0 Å². The van der Waals surface area contributed by atoms with Gasteiger partial charge >= 0.3 is 0 Å². The summed E-state index contributed by atoms with van der Waals surface area (Å²) in [5.74, 6) is 0.809. The highest BCUT2D eigenvalue weighted by atomic mass is 32.1. The molecule has 3 aromatic heterocycles. The van der Waals surface area contributed by atoms with Crippen molar-refractivity contribution in [3.05, 3.63) is 53.8 Å². The van der Waals surface area contributed by atoms with E-state index in [1.807, 2.05) is 23.8 Å².